The van der Waals surface area contributed by atoms with Crippen molar-refractivity contribution in [2.24, 2.45) is 5.92 Å². The number of benzene rings is 1. The van der Waals surface area contributed by atoms with Gasteiger partial charge in [0, 0.05) is 17.8 Å². The zero-order valence-corrected chi connectivity index (χ0v) is 17.5. The number of amides is 2. The van der Waals surface area contributed by atoms with Crippen LogP contribution in [0.15, 0.2) is 18.2 Å². The third kappa shape index (κ3) is 5.58. The quantitative estimate of drug-likeness (QED) is 0.716. The highest BCUT2D eigenvalue weighted by molar-refractivity contribution is 5.84. The van der Waals surface area contributed by atoms with Crippen molar-refractivity contribution in [3.8, 4) is 5.75 Å². The van der Waals surface area contributed by atoms with Gasteiger partial charge in [-0.15, -0.1) is 0 Å². The predicted octanol–water partition coefficient (Wildman–Crippen LogP) is 2.54. The summed E-state index contributed by atoms with van der Waals surface area (Å²) in [6, 6.07) is 5.78. The summed E-state index contributed by atoms with van der Waals surface area (Å²) in [7, 11) is 0. The molecule has 152 valence electrons. The summed E-state index contributed by atoms with van der Waals surface area (Å²) in [6.45, 7) is 12.6. The molecule has 0 unspecified atom stereocenters. The molecule has 0 saturated heterocycles. The molecule has 2 N–H and O–H groups in total. The van der Waals surface area contributed by atoms with Crippen LogP contribution in [-0.4, -0.2) is 28.2 Å². The van der Waals surface area contributed by atoms with E-state index >= 15 is 0 Å². The maximum absolute atomic E-state index is 12.2. The summed E-state index contributed by atoms with van der Waals surface area (Å²) >= 11 is 0. The summed E-state index contributed by atoms with van der Waals surface area (Å²) in [5.74, 6) is 0.444. The fourth-order valence-corrected chi connectivity index (χ4v) is 3.06. The summed E-state index contributed by atoms with van der Waals surface area (Å²) in [4.78, 5) is 24.2. The summed E-state index contributed by atoms with van der Waals surface area (Å²) in [5.41, 5.74) is 9.46. The van der Waals surface area contributed by atoms with Gasteiger partial charge in [0.25, 0.3) is 5.91 Å². The van der Waals surface area contributed by atoms with Crippen molar-refractivity contribution in [1.29, 1.82) is 0 Å². The Hall–Kier alpha value is -2.83. The standard InChI is InChI=1S/C21H30N4O3/c1-13(2)11-25-17(6)18(16(5)24-25)10-19(26)22-23-20(27)12-28-21-14(3)8-7-9-15(21)4/h7-9,13H,10-12H2,1-6H3,(H,22,26)(H,23,27). The van der Waals surface area contributed by atoms with Crippen LogP contribution in [0.4, 0.5) is 0 Å². The van der Waals surface area contributed by atoms with Crippen LogP contribution in [0, 0.1) is 33.6 Å². The van der Waals surface area contributed by atoms with Gasteiger partial charge < -0.3 is 4.74 Å². The molecule has 7 nitrogen and oxygen atoms in total. The van der Waals surface area contributed by atoms with Gasteiger partial charge in [-0.25, -0.2) is 0 Å². The van der Waals surface area contributed by atoms with E-state index in [0.29, 0.717) is 11.7 Å². The van der Waals surface area contributed by atoms with Crippen molar-refractivity contribution >= 4 is 11.8 Å². The average Bonchev–Trinajstić information content (AvgIpc) is 2.86. The fourth-order valence-electron chi connectivity index (χ4n) is 3.06. The van der Waals surface area contributed by atoms with Crippen LogP contribution in [0.25, 0.3) is 0 Å². The van der Waals surface area contributed by atoms with Crippen LogP contribution in [0.2, 0.25) is 0 Å². The smallest absolute Gasteiger partial charge is 0.276 e. The monoisotopic (exact) mass is 386 g/mol. The van der Waals surface area contributed by atoms with Crippen molar-refractivity contribution in [3.05, 3.63) is 46.3 Å². The molecule has 0 saturated carbocycles. The van der Waals surface area contributed by atoms with Crippen molar-refractivity contribution in [1.82, 2.24) is 20.6 Å². The number of para-hydroxylation sites is 1. The molecule has 0 radical (unpaired) electrons. The SMILES string of the molecule is Cc1cccc(C)c1OCC(=O)NNC(=O)Cc1c(C)nn(CC(C)C)c1C. The van der Waals surface area contributed by atoms with Crippen molar-refractivity contribution < 1.29 is 14.3 Å². The zero-order chi connectivity index (χ0) is 20.8. The van der Waals surface area contributed by atoms with Crippen LogP contribution in [0.1, 0.15) is 41.9 Å². The third-order valence-corrected chi connectivity index (χ3v) is 4.50. The first-order chi connectivity index (χ1) is 13.2. The minimum Gasteiger partial charge on any atom is -0.483 e. The number of hydrogen-bond donors (Lipinski definition) is 2. The second-order valence-corrected chi connectivity index (χ2v) is 7.51. The topological polar surface area (TPSA) is 85.2 Å². The van der Waals surface area contributed by atoms with Gasteiger partial charge in [0.2, 0.25) is 5.91 Å². The molecule has 1 aromatic heterocycles. The normalized spacial score (nSPS) is 10.8. The molecule has 0 spiro atoms. The molecule has 0 bridgehead atoms. The van der Waals surface area contributed by atoms with E-state index in [4.69, 9.17) is 4.74 Å². The lowest BCUT2D eigenvalue weighted by Crippen LogP contribution is -2.44. The fraction of sp³-hybridized carbons (Fsp3) is 0.476. The highest BCUT2D eigenvalue weighted by Gasteiger charge is 2.16. The van der Waals surface area contributed by atoms with E-state index in [2.05, 4.69) is 29.8 Å². The molecule has 28 heavy (non-hydrogen) atoms. The molecule has 1 aromatic carbocycles. The number of aryl methyl sites for hydroxylation is 3. The Morgan fingerprint density at radius 3 is 2.29 bits per heavy atom. The van der Waals surface area contributed by atoms with Gasteiger partial charge in [0.05, 0.1) is 12.1 Å². The zero-order valence-electron chi connectivity index (χ0n) is 17.5. The predicted molar refractivity (Wildman–Crippen MR) is 108 cm³/mol. The van der Waals surface area contributed by atoms with Gasteiger partial charge in [-0.3, -0.25) is 25.1 Å². The van der Waals surface area contributed by atoms with Crippen molar-refractivity contribution in [3.63, 3.8) is 0 Å². The van der Waals surface area contributed by atoms with Crippen molar-refractivity contribution in [2.45, 2.75) is 54.5 Å². The molecular formula is C21H30N4O3. The highest BCUT2D eigenvalue weighted by atomic mass is 16.5. The lowest BCUT2D eigenvalue weighted by Gasteiger charge is -2.12. The van der Waals surface area contributed by atoms with Crippen LogP contribution in [0.5, 0.6) is 5.75 Å². The number of ether oxygens (including phenoxy) is 1. The molecule has 2 amide bonds. The molecule has 2 aromatic rings. The minimum absolute atomic E-state index is 0.161. The molecule has 7 heteroatoms. The lowest BCUT2D eigenvalue weighted by molar-refractivity contribution is -0.129. The Morgan fingerprint density at radius 1 is 1.07 bits per heavy atom. The van der Waals surface area contributed by atoms with Gasteiger partial charge in [-0.2, -0.15) is 5.10 Å². The van der Waals surface area contributed by atoms with E-state index in [9.17, 15) is 9.59 Å². The number of hydrazine groups is 1. The molecule has 0 aliphatic carbocycles. The number of aromatic nitrogens is 2. The molecule has 0 atom stereocenters. The maximum atomic E-state index is 12.2. The van der Waals surface area contributed by atoms with Gasteiger partial charge >= 0.3 is 0 Å². The van der Waals surface area contributed by atoms with Crippen molar-refractivity contribution in [2.75, 3.05) is 6.61 Å². The second kappa shape index (κ2) is 9.39. The van der Waals surface area contributed by atoms with E-state index in [-0.39, 0.29) is 18.9 Å². The van der Waals surface area contributed by atoms with Crippen LogP contribution >= 0.6 is 0 Å². The second-order valence-electron chi connectivity index (χ2n) is 7.51. The van der Waals surface area contributed by atoms with Gasteiger partial charge in [0.1, 0.15) is 5.75 Å². The Bertz CT molecular complexity index is 835. The van der Waals surface area contributed by atoms with Crippen LogP contribution in [-0.2, 0) is 22.6 Å². The average molecular weight is 386 g/mol. The van der Waals surface area contributed by atoms with Gasteiger partial charge in [0.15, 0.2) is 6.61 Å². The van der Waals surface area contributed by atoms with Gasteiger partial charge in [-0.05, 0) is 44.7 Å². The van der Waals surface area contributed by atoms with Crippen LogP contribution < -0.4 is 15.6 Å². The number of nitrogens with zero attached hydrogens (tertiary/aromatic N) is 2. The number of carbonyl (C=O) groups is 2. The van der Waals surface area contributed by atoms with Crippen LogP contribution in [0.3, 0.4) is 0 Å². The minimum atomic E-state index is -0.417. The molecule has 0 aliphatic heterocycles. The number of rotatable bonds is 7. The highest BCUT2D eigenvalue weighted by Crippen LogP contribution is 2.22. The first-order valence-corrected chi connectivity index (χ1v) is 9.48. The maximum Gasteiger partial charge on any atom is 0.276 e. The van der Waals surface area contributed by atoms with E-state index in [1.807, 2.05) is 50.6 Å². The Labute approximate surface area is 166 Å². The molecule has 1 heterocycles. The summed E-state index contributed by atoms with van der Waals surface area (Å²) in [5, 5.41) is 4.51. The molecule has 0 aliphatic rings. The van der Waals surface area contributed by atoms with E-state index in [0.717, 1.165) is 34.6 Å². The lowest BCUT2D eigenvalue weighted by atomic mass is 10.1. The van der Waals surface area contributed by atoms with E-state index < -0.39 is 5.91 Å². The molecule has 2 rings (SSSR count). The number of hydrogen-bond acceptors (Lipinski definition) is 4. The molecule has 0 fully saturated rings. The first-order valence-electron chi connectivity index (χ1n) is 9.48. The molecular weight excluding hydrogens is 356 g/mol. The largest absolute Gasteiger partial charge is 0.483 e. The van der Waals surface area contributed by atoms with E-state index in [1.54, 1.807) is 0 Å². The summed E-state index contributed by atoms with van der Waals surface area (Å²) in [6.07, 6.45) is 0.161. The Balaban J connectivity index is 1.85. The summed E-state index contributed by atoms with van der Waals surface area (Å²) < 4.78 is 7.51. The van der Waals surface area contributed by atoms with Gasteiger partial charge in [-0.1, -0.05) is 32.0 Å². The Kier molecular flexibility index (Phi) is 7.20. The first kappa shape index (κ1) is 21.5. The number of carbonyl (C=O) groups excluding carboxylic acids is 2. The number of nitrogens with one attached hydrogen (secondary N) is 2. The Morgan fingerprint density at radius 2 is 1.68 bits per heavy atom. The van der Waals surface area contributed by atoms with E-state index in [1.165, 1.54) is 0 Å². The third-order valence-electron chi connectivity index (χ3n) is 4.50.